The third kappa shape index (κ3) is 1.79. The van der Waals surface area contributed by atoms with Crippen molar-refractivity contribution in [2.45, 2.75) is 0 Å². The summed E-state index contributed by atoms with van der Waals surface area (Å²) in [5.41, 5.74) is 2.39. The van der Waals surface area contributed by atoms with E-state index >= 15 is 0 Å². The molecule has 0 aliphatic rings. The summed E-state index contributed by atoms with van der Waals surface area (Å²) in [5, 5.41) is 6.04. The number of rotatable bonds is 2. The Morgan fingerprint density at radius 3 is 2.56 bits per heavy atom. The van der Waals surface area contributed by atoms with Crippen molar-refractivity contribution < 1.29 is 4.79 Å². The molecule has 4 heteroatoms. The Morgan fingerprint density at radius 2 is 1.89 bits per heavy atom. The lowest BCUT2D eigenvalue weighted by Crippen LogP contribution is -1.94. The lowest BCUT2D eigenvalue weighted by atomic mass is 10.2. The summed E-state index contributed by atoms with van der Waals surface area (Å²) in [7, 11) is 0. The predicted molar refractivity (Wildman–Crippen MR) is 71.5 cm³/mol. The fraction of sp³-hybridized carbons (Fsp3) is 0. The van der Waals surface area contributed by atoms with Gasteiger partial charge in [-0.3, -0.25) is 4.79 Å². The van der Waals surface area contributed by atoms with Gasteiger partial charge in [-0.05, 0) is 36.4 Å². The fourth-order valence-electron chi connectivity index (χ4n) is 1.85. The number of nitrogens with zero attached hydrogens (tertiary/aromatic N) is 2. The lowest BCUT2D eigenvalue weighted by Gasteiger charge is -2.00. The van der Waals surface area contributed by atoms with Crippen molar-refractivity contribution in [3.8, 4) is 5.69 Å². The van der Waals surface area contributed by atoms with Crippen LogP contribution in [0.5, 0.6) is 0 Å². The first kappa shape index (κ1) is 11.0. The molecule has 0 saturated carbocycles. The van der Waals surface area contributed by atoms with Crippen molar-refractivity contribution >= 4 is 28.8 Å². The smallest absolute Gasteiger partial charge is 0.150 e. The van der Waals surface area contributed by atoms with E-state index in [-0.39, 0.29) is 0 Å². The van der Waals surface area contributed by atoms with Crippen LogP contribution < -0.4 is 0 Å². The van der Waals surface area contributed by atoms with E-state index in [4.69, 9.17) is 11.6 Å². The number of hydrogen-bond acceptors (Lipinski definition) is 2. The number of aldehydes is 1. The van der Waals surface area contributed by atoms with E-state index in [1.807, 2.05) is 36.5 Å². The van der Waals surface area contributed by atoms with Gasteiger partial charge in [0.15, 0.2) is 0 Å². The quantitative estimate of drug-likeness (QED) is 0.658. The van der Waals surface area contributed by atoms with Crippen molar-refractivity contribution in [1.82, 2.24) is 9.78 Å². The Hall–Kier alpha value is -2.13. The van der Waals surface area contributed by atoms with Crippen molar-refractivity contribution in [3.05, 3.63) is 59.2 Å². The molecule has 1 heterocycles. The first-order valence-electron chi connectivity index (χ1n) is 5.47. The van der Waals surface area contributed by atoms with E-state index in [0.717, 1.165) is 22.9 Å². The van der Waals surface area contributed by atoms with Gasteiger partial charge < -0.3 is 0 Å². The second kappa shape index (κ2) is 4.27. The molecule has 0 atom stereocenters. The zero-order chi connectivity index (χ0) is 12.5. The number of aromatic nitrogens is 2. The molecule has 0 fully saturated rings. The molecular weight excluding hydrogens is 248 g/mol. The minimum Gasteiger partial charge on any atom is -0.298 e. The number of hydrogen-bond donors (Lipinski definition) is 0. The molecule has 88 valence electrons. The maximum atomic E-state index is 10.6. The number of fused-ring (bicyclic) bond motifs is 1. The summed E-state index contributed by atoms with van der Waals surface area (Å²) in [6, 6.07) is 12.8. The molecule has 3 aromatic rings. The molecule has 0 spiro atoms. The van der Waals surface area contributed by atoms with E-state index in [9.17, 15) is 4.79 Å². The average molecular weight is 257 g/mol. The monoisotopic (exact) mass is 256 g/mol. The molecule has 1 aromatic heterocycles. The largest absolute Gasteiger partial charge is 0.298 e. The van der Waals surface area contributed by atoms with Crippen molar-refractivity contribution in [1.29, 1.82) is 0 Å². The maximum Gasteiger partial charge on any atom is 0.150 e. The van der Waals surface area contributed by atoms with Crippen LogP contribution >= 0.6 is 11.6 Å². The highest BCUT2D eigenvalue weighted by molar-refractivity contribution is 6.35. The molecule has 0 bridgehead atoms. The van der Waals surface area contributed by atoms with Crippen molar-refractivity contribution in [2.75, 3.05) is 0 Å². The summed E-state index contributed by atoms with van der Waals surface area (Å²) in [4.78, 5) is 10.6. The van der Waals surface area contributed by atoms with Crippen molar-refractivity contribution in [3.63, 3.8) is 0 Å². The predicted octanol–water partition coefficient (Wildman–Crippen LogP) is 3.49. The Labute approximate surface area is 109 Å². The van der Waals surface area contributed by atoms with Crippen LogP contribution in [0.3, 0.4) is 0 Å². The Bertz CT molecular complexity index is 716. The Balaban J connectivity index is 2.13. The molecule has 0 aliphatic heterocycles. The summed E-state index contributed by atoms with van der Waals surface area (Å²) < 4.78 is 1.76. The SMILES string of the molecule is O=Cc1ccc(-n2cc3c(Cl)cccc3n2)cc1. The lowest BCUT2D eigenvalue weighted by molar-refractivity contribution is 0.112. The van der Waals surface area contributed by atoms with E-state index in [1.165, 1.54) is 0 Å². The minimum atomic E-state index is 0.647. The third-order valence-electron chi connectivity index (χ3n) is 2.79. The number of carbonyl (C=O) groups excluding carboxylic acids is 1. The van der Waals surface area contributed by atoms with Gasteiger partial charge in [-0.2, -0.15) is 5.10 Å². The summed E-state index contributed by atoms with van der Waals surface area (Å²) >= 11 is 6.11. The molecular formula is C14H9ClN2O. The van der Waals surface area contributed by atoms with E-state index in [1.54, 1.807) is 16.8 Å². The second-order valence-electron chi connectivity index (χ2n) is 3.96. The topological polar surface area (TPSA) is 34.9 Å². The van der Waals surface area contributed by atoms with Crippen LogP contribution in [0.1, 0.15) is 10.4 Å². The minimum absolute atomic E-state index is 0.647. The first-order valence-corrected chi connectivity index (χ1v) is 5.85. The molecule has 0 amide bonds. The van der Waals surface area contributed by atoms with E-state index in [0.29, 0.717) is 10.6 Å². The van der Waals surface area contributed by atoms with Crippen molar-refractivity contribution in [2.24, 2.45) is 0 Å². The van der Waals surface area contributed by atoms with Crippen LogP contribution in [-0.2, 0) is 0 Å². The van der Waals surface area contributed by atoms with Crippen LogP contribution in [0.4, 0.5) is 0 Å². The summed E-state index contributed by atoms with van der Waals surface area (Å²) in [5.74, 6) is 0. The molecule has 0 radical (unpaired) electrons. The van der Waals surface area contributed by atoms with Crippen LogP contribution in [0.25, 0.3) is 16.6 Å². The van der Waals surface area contributed by atoms with E-state index in [2.05, 4.69) is 5.10 Å². The standard InChI is InChI=1S/C14H9ClN2O/c15-13-2-1-3-14-12(13)8-17(16-14)11-6-4-10(9-18)5-7-11/h1-9H. The fourth-order valence-corrected chi connectivity index (χ4v) is 2.06. The van der Waals surface area contributed by atoms with Gasteiger partial charge in [0.05, 0.1) is 16.2 Å². The number of benzene rings is 2. The third-order valence-corrected chi connectivity index (χ3v) is 3.12. The Morgan fingerprint density at radius 1 is 1.11 bits per heavy atom. The van der Waals surface area contributed by atoms with Gasteiger partial charge in [0.25, 0.3) is 0 Å². The molecule has 0 N–H and O–H groups in total. The first-order chi connectivity index (χ1) is 8.78. The number of carbonyl (C=O) groups is 1. The molecule has 3 nitrogen and oxygen atoms in total. The van der Waals surface area contributed by atoms with Gasteiger partial charge in [-0.25, -0.2) is 4.68 Å². The molecule has 3 rings (SSSR count). The molecule has 18 heavy (non-hydrogen) atoms. The van der Waals surface area contributed by atoms with Gasteiger partial charge in [0.1, 0.15) is 6.29 Å². The zero-order valence-electron chi connectivity index (χ0n) is 9.38. The molecule has 0 aliphatic carbocycles. The highest BCUT2D eigenvalue weighted by Gasteiger charge is 2.05. The summed E-state index contributed by atoms with van der Waals surface area (Å²) in [6.07, 6.45) is 2.70. The highest BCUT2D eigenvalue weighted by atomic mass is 35.5. The number of halogens is 1. The van der Waals surface area contributed by atoms with Crippen LogP contribution in [0.2, 0.25) is 5.02 Å². The molecule has 2 aromatic carbocycles. The van der Waals surface area contributed by atoms with Crippen LogP contribution in [0.15, 0.2) is 48.7 Å². The van der Waals surface area contributed by atoms with Gasteiger partial charge in [0, 0.05) is 17.1 Å². The van der Waals surface area contributed by atoms with Gasteiger partial charge in [-0.15, -0.1) is 0 Å². The summed E-state index contributed by atoms with van der Waals surface area (Å²) in [6.45, 7) is 0. The maximum absolute atomic E-state index is 10.6. The van der Waals surface area contributed by atoms with E-state index < -0.39 is 0 Å². The second-order valence-corrected chi connectivity index (χ2v) is 4.36. The average Bonchev–Trinajstić information content (AvgIpc) is 2.84. The van der Waals surface area contributed by atoms with Crippen LogP contribution in [0, 0.1) is 0 Å². The van der Waals surface area contributed by atoms with Crippen LogP contribution in [-0.4, -0.2) is 16.1 Å². The Kier molecular flexibility index (Phi) is 2.61. The van der Waals surface area contributed by atoms with Gasteiger partial charge in [-0.1, -0.05) is 17.7 Å². The highest BCUT2D eigenvalue weighted by Crippen LogP contribution is 2.23. The zero-order valence-corrected chi connectivity index (χ0v) is 10.1. The molecule has 0 saturated heterocycles. The molecule has 0 unspecified atom stereocenters. The van der Waals surface area contributed by atoms with Gasteiger partial charge >= 0.3 is 0 Å². The van der Waals surface area contributed by atoms with Gasteiger partial charge in [0.2, 0.25) is 0 Å². The normalized spacial score (nSPS) is 10.7.